The molecule has 220 valence electrons. The SMILES string of the molecule is CCOC(=O)N1c2ccc(C(F)(F)F)cc2[C@H](C(C(=O)OC)c2cc(C(F)(F)F)cc(C(F)(F)F)c2)C[C@H]1CC. The third-order valence-corrected chi connectivity index (χ3v) is 6.67. The van der Waals surface area contributed by atoms with E-state index < -0.39 is 70.7 Å². The van der Waals surface area contributed by atoms with E-state index in [4.69, 9.17) is 9.47 Å². The molecule has 1 unspecified atom stereocenters. The number of carbonyl (C=O) groups excluding carboxylic acids is 2. The van der Waals surface area contributed by atoms with Gasteiger partial charge in [-0.3, -0.25) is 9.69 Å². The van der Waals surface area contributed by atoms with Gasteiger partial charge in [-0.15, -0.1) is 0 Å². The smallest absolute Gasteiger partial charge is 0.416 e. The normalized spacial score (nSPS) is 18.6. The fourth-order valence-electron chi connectivity index (χ4n) is 4.89. The van der Waals surface area contributed by atoms with Crippen molar-refractivity contribution >= 4 is 17.7 Å². The number of anilines is 1. The average molecular weight is 585 g/mol. The van der Waals surface area contributed by atoms with Crippen molar-refractivity contribution in [3.05, 3.63) is 64.2 Å². The minimum absolute atomic E-state index is 0.0829. The summed E-state index contributed by atoms with van der Waals surface area (Å²) in [7, 11) is 0.853. The van der Waals surface area contributed by atoms with Crippen molar-refractivity contribution in [2.45, 2.75) is 63.1 Å². The molecule has 1 aliphatic rings. The topological polar surface area (TPSA) is 55.8 Å². The van der Waals surface area contributed by atoms with Gasteiger partial charge in [0.2, 0.25) is 0 Å². The molecule has 0 aliphatic carbocycles. The van der Waals surface area contributed by atoms with Crippen LogP contribution < -0.4 is 4.90 Å². The van der Waals surface area contributed by atoms with Crippen LogP contribution in [0.2, 0.25) is 0 Å². The Kier molecular flexibility index (Phi) is 8.70. The lowest BCUT2D eigenvalue weighted by molar-refractivity contribution is -0.146. The van der Waals surface area contributed by atoms with E-state index in [-0.39, 0.29) is 36.8 Å². The number of nitrogens with zero attached hydrogens (tertiary/aromatic N) is 1. The lowest BCUT2D eigenvalue weighted by Gasteiger charge is -2.42. The van der Waals surface area contributed by atoms with Gasteiger partial charge in [-0.1, -0.05) is 6.92 Å². The summed E-state index contributed by atoms with van der Waals surface area (Å²) in [5, 5.41) is 0. The van der Waals surface area contributed by atoms with Crippen molar-refractivity contribution in [2.75, 3.05) is 18.6 Å². The summed E-state index contributed by atoms with van der Waals surface area (Å²) in [5.41, 5.74) is -5.75. The summed E-state index contributed by atoms with van der Waals surface area (Å²) in [6.07, 6.45) is -16.4. The average Bonchev–Trinajstić information content (AvgIpc) is 2.86. The van der Waals surface area contributed by atoms with Crippen molar-refractivity contribution in [1.82, 2.24) is 0 Å². The van der Waals surface area contributed by atoms with Crippen LogP contribution in [-0.4, -0.2) is 31.8 Å². The fraction of sp³-hybridized carbons (Fsp3) is 0.462. The number of alkyl halides is 9. The Balaban J connectivity index is 2.36. The van der Waals surface area contributed by atoms with Gasteiger partial charge in [-0.2, -0.15) is 39.5 Å². The molecule has 0 spiro atoms. The number of carbonyl (C=O) groups is 2. The summed E-state index contributed by atoms with van der Waals surface area (Å²) in [6, 6.07) is 2.03. The second-order valence-electron chi connectivity index (χ2n) is 9.08. The second-order valence-corrected chi connectivity index (χ2v) is 9.08. The van der Waals surface area contributed by atoms with E-state index in [2.05, 4.69) is 0 Å². The quantitative estimate of drug-likeness (QED) is 0.264. The maximum Gasteiger partial charge on any atom is 0.416 e. The summed E-state index contributed by atoms with van der Waals surface area (Å²) in [6.45, 7) is 3.03. The Labute approximate surface area is 222 Å². The van der Waals surface area contributed by atoms with Gasteiger partial charge in [-0.05, 0) is 67.3 Å². The highest BCUT2D eigenvalue weighted by molar-refractivity contribution is 5.91. The Morgan fingerprint density at radius 2 is 1.43 bits per heavy atom. The van der Waals surface area contributed by atoms with Gasteiger partial charge < -0.3 is 9.47 Å². The number of rotatable bonds is 5. The number of hydrogen-bond donors (Lipinski definition) is 0. The van der Waals surface area contributed by atoms with E-state index in [0.29, 0.717) is 24.3 Å². The van der Waals surface area contributed by atoms with Crippen LogP contribution in [0.4, 0.5) is 50.0 Å². The van der Waals surface area contributed by atoms with Crippen LogP contribution in [0.5, 0.6) is 0 Å². The lowest BCUT2D eigenvalue weighted by Crippen LogP contribution is -2.46. The van der Waals surface area contributed by atoms with E-state index in [0.717, 1.165) is 18.1 Å². The number of hydrogen-bond acceptors (Lipinski definition) is 4. The first kappa shape index (κ1) is 31.1. The number of benzene rings is 2. The third-order valence-electron chi connectivity index (χ3n) is 6.67. The molecule has 40 heavy (non-hydrogen) atoms. The van der Waals surface area contributed by atoms with Crippen LogP contribution in [0.25, 0.3) is 0 Å². The third kappa shape index (κ3) is 6.30. The van der Waals surface area contributed by atoms with E-state index in [1.807, 2.05) is 0 Å². The maximum absolute atomic E-state index is 13.7. The molecule has 0 N–H and O–H groups in total. The molecule has 3 rings (SSSR count). The highest BCUT2D eigenvalue weighted by Gasteiger charge is 2.46. The molecule has 0 bridgehead atoms. The van der Waals surface area contributed by atoms with E-state index in [9.17, 15) is 49.1 Å². The number of ether oxygens (including phenoxy) is 2. The maximum atomic E-state index is 13.7. The van der Waals surface area contributed by atoms with Crippen molar-refractivity contribution in [2.24, 2.45) is 0 Å². The van der Waals surface area contributed by atoms with Crippen LogP contribution in [0.1, 0.15) is 66.3 Å². The molecule has 0 saturated heterocycles. The summed E-state index contributed by atoms with van der Waals surface area (Å²) in [5.74, 6) is -4.54. The van der Waals surface area contributed by atoms with E-state index in [1.165, 1.54) is 6.92 Å². The Hall–Kier alpha value is -3.45. The Bertz CT molecular complexity index is 1220. The number of amides is 1. The molecule has 1 heterocycles. The molecule has 0 aromatic heterocycles. The van der Waals surface area contributed by atoms with Crippen molar-refractivity contribution in [3.63, 3.8) is 0 Å². The van der Waals surface area contributed by atoms with Gasteiger partial charge in [0, 0.05) is 12.0 Å². The lowest BCUT2D eigenvalue weighted by atomic mass is 9.73. The van der Waals surface area contributed by atoms with Crippen LogP contribution in [0.15, 0.2) is 36.4 Å². The molecule has 5 nitrogen and oxygen atoms in total. The number of esters is 1. The van der Waals surface area contributed by atoms with E-state index in [1.54, 1.807) is 6.92 Å². The summed E-state index contributed by atoms with van der Waals surface area (Å²) >= 11 is 0. The largest absolute Gasteiger partial charge is 0.469 e. The molecule has 2 aromatic carbocycles. The molecule has 3 atom stereocenters. The summed E-state index contributed by atoms with van der Waals surface area (Å²) in [4.78, 5) is 26.9. The summed E-state index contributed by atoms with van der Waals surface area (Å²) < 4.78 is 132. The number of fused-ring (bicyclic) bond motifs is 1. The first-order valence-corrected chi connectivity index (χ1v) is 12.0. The molecular weight excluding hydrogens is 561 g/mol. The van der Waals surface area contributed by atoms with Crippen LogP contribution in [-0.2, 0) is 32.8 Å². The zero-order valence-electron chi connectivity index (χ0n) is 21.3. The predicted octanol–water partition coefficient (Wildman–Crippen LogP) is 7.93. The zero-order chi connectivity index (χ0) is 30.2. The fourth-order valence-corrected chi connectivity index (χ4v) is 4.89. The van der Waals surface area contributed by atoms with Crippen LogP contribution in [0.3, 0.4) is 0 Å². The monoisotopic (exact) mass is 585 g/mol. The van der Waals surface area contributed by atoms with Gasteiger partial charge in [-0.25, -0.2) is 4.79 Å². The van der Waals surface area contributed by atoms with Gasteiger partial charge in [0.05, 0.1) is 42.0 Å². The number of halogens is 9. The molecule has 0 radical (unpaired) electrons. The molecule has 0 fully saturated rings. The first-order chi connectivity index (χ1) is 18.4. The zero-order valence-corrected chi connectivity index (χ0v) is 21.3. The van der Waals surface area contributed by atoms with Crippen LogP contribution in [0, 0.1) is 0 Å². The highest BCUT2D eigenvalue weighted by Crippen LogP contribution is 2.50. The number of methoxy groups -OCH3 is 1. The second kappa shape index (κ2) is 11.2. The van der Waals surface area contributed by atoms with Crippen molar-refractivity contribution in [1.29, 1.82) is 0 Å². The highest BCUT2D eigenvalue weighted by atomic mass is 19.4. The molecule has 0 saturated carbocycles. The van der Waals surface area contributed by atoms with Gasteiger partial charge >= 0.3 is 30.6 Å². The minimum Gasteiger partial charge on any atom is -0.469 e. The van der Waals surface area contributed by atoms with Crippen molar-refractivity contribution < 1.29 is 58.6 Å². The molecule has 1 amide bonds. The Morgan fingerprint density at radius 1 is 0.875 bits per heavy atom. The predicted molar refractivity (Wildman–Crippen MR) is 124 cm³/mol. The standard InChI is InChI=1S/C26H24F9NO4/c1-4-17-12-19(18-11-14(24(27,28)29)6-7-20(18)36(17)23(38)40-5-2)21(22(37)39-3)13-8-15(25(30,31)32)10-16(9-13)26(33,34)35/h6-11,17,19,21H,4-5,12H2,1-3H3/t17-,19-,21?/m1/s1. The molecular formula is C26H24F9NO4. The molecule has 2 aromatic rings. The first-order valence-electron chi connectivity index (χ1n) is 12.0. The molecule has 1 aliphatic heterocycles. The van der Waals surface area contributed by atoms with Gasteiger partial charge in [0.25, 0.3) is 0 Å². The molecule has 14 heteroatoms. The Morgan fingerprint density at radius 3 is 1.88 bits per heavy atom. The van der Waals surface area contributed by atoms with Crippen LogP contribution >= 0.6 is 0 Å². The minimum atomic E-state index is -5.24. The van der Waals surface area contributed by atoms with E-state index >= 15 is 0 Å². The van der Waals surface area contributed by atoms with Gasteiger partial charge in [0.1, 0.15) is 0 Å². The van der Waals surface area contributed by atoms with Gasteiger partial charge in [0.15, 0.2) is 0 Å². The van der Waals surface area contributed by atoms with Crippen molar-refractivity contribution in [3.8, 4) is 0 Å².